The van der Waals surface area contributed by atoms with Crippen molar-refractivity contribution in [3.8, 4) is 11.7 Å². The van der Waals surface area contributed by atoms with Crippen molar-refractivity contribution in [2.75, 3.05) is 0 Å². The normalized spacial score (nSPS) is 10.5. The van der Waals surface area contributed by atoms with Crippen LogP contribution in [0.25, 0.3) is 0 Å². The van der Waals surface area contributed by atoms with Gasteiger partial charge in [0.05, 0.1) is 12.8 Å². The number of hydrogen-bond donors (Lipinski definition) is 1. The predicted octanol–water partition coefficient (Wildman–Crippen LogP) is 4.90. The monoisotopic (exact) mass is 351 g/mol. The second-order valence-electron chi connectivity index (χ2n) is 4.59. The Morgan fingerprint density at radius 1 is 1.13 bits per heavy atom. The molecule has 3 aromatic rings. The molecule has 1 amide bonds. The highest BCUT2D eigenvalue weighted by molar-refractivity contribution is 6.34. The fourth-order valence-corrected chi connectivity index (χ4v) is 2.37. The Balaban J connectivity index is 1.64. The van der Waals surface area contributed by atoms with Gasteiger partial charge in [0, 0.05) is 16.1 Å². The quantitative estimate of drug-likeness (QED) is 0.709. The van der Waals surface area contributed by atoms with Gasteiger partial charge in [-0.15, -0.1) is 0 Å². The zero-order chi connectivity index (χ0) is 16.2. The molecule has 1 aromatic carbocycles. The summed E-state index contributed by atoms with van der Waals surface area (Å²) >= 11 is 11.8. The summed E-state index contributed by atoms with van der Waals surface area (Å²) in [4.78, 5) is 12.0. The second-order valence-corrected chi connectivity index (χ2v) is 5.46. The van der Waals surface area contributed by atoms with Crippen molar-refractivity contribution in [3.05, 3.63) is 70.3 Å². The number of benzene rings is 1. The van der Waals surface area contributed by atoms with E-state index in [1.54, 1.807) is 30.3 Å². The number of nitrogens with one attached hydrogen (secondary N) is 1. The Morgan fingerprint density at radius 2 is 1.91 bits per heavy atom. The lowest BCUT2D eigenvalue weighted by Gasteiger charge is -2.03. The van der Waals surface area contributed by atoms with Crippen molar-refractivity contribution in [3.63, 3.8) is 0 Å². The summed E-state index contributed by atoms with van der Waals surface area (Å²) in [6, 6.07) is 11.3. The number of furan rings is 2. The van der Waals surface area contributed by atoms with Crippen LogP contribution in [0.5, 0.6) is 11.7 Å². The molecule has 2 heterocycles. The van der Waals surface area contributed by atoms with E-state index in [1.807, 2.05) is 0 Å². The first-order valence-corrected chi connectivity index (χ1v) is 7.40. The molecule has 0 aliphatic rings. The van der Waals surface area contributed by atoms with Gasteiger partial charge in [-0.2, -0.15) is 0 Å². The number of hydrogen-bond acceptors (Lipinski definition) is 4. The maximum atomic E-state index is 12.0. The number of halogens is 2. The van der Waals surface area contributed by atoms with Gasteiger partial charge >= 0.3 is 0 Å². The third kappa shape index (κ3) is 4.09. The molecule has 2 aromatic heterocycles. The average Bonchev–Trinajstić information content (AvgIpc) is 3.15. The van der Waals surface area contributed by atoms with Crippen molar-refractivity contribution in [2.24, 2.45) is 0 Å². The summed E-state index contributed by atoms with van der Waals surface area (Å²) in [5.74, 6) is 0.973. The summed E-state index contributed by atoms with van der Waals surface area (Å²) < 4.78 is 16.0. The van der Waals surface area contributed by atoms with Crippen LogP contribution < -0.4 is 10.1 Å². The molecule has 0 fully saturated rings. The van der Waals surface area contributed by atoms with E-state index < -0.39 is 0 Å². The first-order valence-electron chi connectivity index (χ1n) is 6.64. The minimum atomic E-state index is -0.375. The molecule has 0 unspecified atom stereocenters. The molecule has 0 aliphatic heterocycles. The van der Waals surface area contributed by atoms with Gasteiger partial charge in [0.15, 0.2) is 5.76 Å². The maximum Gasteiger partial charge on any atom is 0.290 e. The summed E-state index contributed by atoms with van der Waals surface area (Å²) in [6.07, 6.45) is 1.54. The van der Waals surface area contributed by atoms with Crippen molar-refractivity contribution < 1.29 is 18.4 Å². The van der Waals surface area contributed by atoms with Gasteiger partial charge in [0.2, 0.25) is 0 Å². The molecular formula is C16H11Cl2NO4. The van der Waals surface area contributed by atoms with Crippen LogP contribution in [0.2, 0.25) is 10.0 Å². The zero-order valence-corrected chi connectivity index (χ0v) is 13.2. The molecule has 0 atom stereocenters. The van der Waals surface area contributed by atoms with Crippen molar-refractivity contribution in [1.29, 1.82) is 0 Å². The highest BCUT2D eigenvalue weighted by Gasteiger charge is 2.13. The van der Waals surface area contributed by atoms with E-state index in [1.165, 1.54) is 18.4 Å². The molecule has 0 saturated carbocycles. The van der Waals surface area contributed by atoms with Gasteiger partial charge in [0.1, 0.15) is 11.5 Å². The molecule has 7 heteroatoms. The van der Waals surface area contributed by atoms with Crippen LogP contribution in [0.4, 0.5) is 0 Å². The van der Waals surface area contributed by atoms with Crippen LogP contribution in [0.1, 0.15) is 16.3 Å². The summed E-state index contributed by atoms with van der Waals surface area (Å²) in [7, 11) is 0. The molecular weight excluding hydrogens is 341 g/mol. The zero-order valence-electron chi connectivity index (χ0n) is 11.7. The van der Waals surface area contributed by atoms with Gasteiger partial charge in [-0.05, 0) is 36.4 Å². The van der Waals surface area contributed by atoms with Crippen LogP contribution in [0.15, 0.2) is 57.6 Å². The highest BCUT2D eigenvalue weighted by Crippen LogP contribution is 2.29. The third-order valence-corrected chi connectivity index (χ3v) is 3.30. The van der Waals surface area contributed by atoms with Crippen LogP contribution in [0, 0.1) is 0 Å². The van der Waals surface area contributed by atoms with Crippen LogP contribution >= 0.6 is 23.2 Å². The Hall–Kier alpha value is -2.37. The smallest absolute Gasteiger partial charge is 0.290 e. The third-order valence-electron chi connectivity index (χ3n) is 2.86. The van der Waals surface area contributed by atoms with Crippen LogP contribution in [0.3, 0.4) is 0 Å². The lowest BCUT2D eigenvalue weighted by Crippen LogP contribution is -2.21. The first-order chi connectivity index (χ1) is 11.1. The number of rotatable bonds is 5. The van der Waals surface area contributed by atoms with E-state index >= 15 is 0 Å². The molecule has 0 saturated heterocycles. The van der Waals surface area contributed by atoms with Crippen molar-refractivity contribution >= 4 is 29.1 Å². The largest absolute Gasteiger partial charge is 0.467 e. The van der Waals surface area contributed by atoms with Gasteiger partial charge in [-0.25, -0.2) is 0 Å². The molecule has 118 valence electrons. The summed E-state index contributed by atoms with van der Waals surface area (Å²) in [6.45, 7) is 0.270. The van der Waals surface area contributed by atoms with Gasteiger partial charge in [0.25, 0.3) is 11.9 Å². The Kier molecular flexibility index (Phi) is 4.60. The molecule has 0 bridgehead atoms. The lowest BCUT2D eigenvalue weighted by atomic mass is 10.3. The molecule has 5 nitrogen and oxygen atoms in total. The Morgan fingerprint density at radius 3 is 2.61 bits per heavy atom. The van der Waals surface area contributed by atoms with E-state index in [2.05, 4.69) is 5.32 Å². The minimum Gasteiger partial charge on any atom is -0.467 e. The molecule has 0 aliphatic carbocycles. The SMILES string of the molecule is O=C(NCc1ccco1)c1ccc(Oc2cc(Cl)cc(Cl)c2)o1. The molecule has 1 N–H and O–H groups in total. The standard InChI is InChI=1S/C16H11Cl2NO4/c17-10-6-11(18)8-13(7-10)22-15-4-3-14(23-15)16(20)19-9-12-2-1-5-21-12/h1-8H,9H2,(H,19,20). The fourth-order valence-electron chi connectivity index (χ4n) is 1.87. The second kappa shape index (κ2) is 6.81. The van der Waals surface area contributed by atoms with E-state index in [-0.39, 0.29) is 24.2 Å². The van der Waals surface area contributed by atoms with E-state index in [9.17, 15) is 4.79 Å². The summed E-state index contributed by atoms with van der Waals surface area (Å²) in [5.41, 5.74) is 0. The van der Waals surface area contributed by atoms with E-state index in [0.717, 1.165) is 0 Å². The van der Waals surface area contributed by atoms with E-state index in [0.29, 0.717) is 21.6 Å². The Labute approximate surface area is 141 Å². The van der Waals surface area contributed by atoms with Crippen LogP contribution in [-0.4, -0.2) is 5.91 Å². The number of carbonyl (C=O) groups is 1. The maximum absolute atomic E-state index is 12.0. The topological polar surface area (TPSA) is 64.6 Å². The van der Waals surface area contributed by atoms with Gasteiger partial charge in [-0.1, -0.05) is 23.2 Å². The van der Waals surface area contributed by atoms with E-state index in [4.69, 9.17) is 36.8 Å². The first kappa shape index (κ1) is 15.5. The molecule has 23 heavy (non-hydrogen) atoms. The number of carbonyl (C=O) groups excluding carboxylic acids is 1. The molecule has 0 spiro atoms. The molecule has 3 rings (SSSR count). The summed E-state index contributed by atoms with van der Waals surface area (Å²) in [5, 5.41) is 3.55. The highest BCUT2D eigenvalue weighted by atomic mass is 35.5. The molecule has 0 radical (unpaired) electrons. The van der Waals surface area contributed by atoms with Gasteiger partial charge < -0.3 is 18.9 Å². The lowest BCUT2D eigenvalue weighted by molar-refractivity contribution is 0.0915. The Bertz CT molecular complexity index is 791. The fraction of sp³-hybridized carbons (Fsp3) is 0.0625. The predicted molar refractivity (Wildman–Crippen MR) is 85.1 cm³/mol. The number of amides is 1. The van der Waals surface area contributed by atoms with Crippen molar-refractivity contribution in [2.45, 2.75) is 6.54 Å². The number of ether oxygens (including phenoxy) is 1. The minimum absolute atomic E-state index is 0.125. The van der Waals surface area contributed by atoms with Crippen LogP contribution in [-0.2, 0) is 6.54 Å². The average molecular weight is 352 g/mol. The van der Waals surface area contributed by atoms with Crippen molar-refractivity contribution in [1.82, 2.24) is 5.32 Å². The van der Waals surface area contributed by atoms with Gasteiger partial charge in [-0.3, -0.25) is 4.79 Å².